The molecule has 0 atom stereocenters. The summed E-state index contributed by atoms with van der Waals surface area (Å²) in [5.74, 6) is -0.477. The number of nitro groups is 1. The van der Waals surface area contributed by atoms with Gasteiger partial charge in [0.05, 0.1) is 21.1 Å². The SMILES string of the molecule is CCCS(=O)(=O)c1ccccc1C(=O)NCCNc1ccc([N+](=O)[O-])cc1. The molecule has 0 aliphatic carbocycles. The second-order valence-corrected chi connectivity index (χ2v) is 7.88. The molecule has 0 unspecified atom stereocenters. The van der Waals surface area contributed by atoms with Crippen molar-refractivity contribution in [1.29, 1.82) is 0 Å². The van der Waals surface area contributed by atoms with Crippen molar-refractivity contribution in [1.82, 2.24) is 5.32 Å². The van der Waals surface area contributed by atoms with E-state index in [1.54, 1.807) is 31.2 Å². The van der Waals surface area contributed by atoms with Crippen molar-refractivity contribution in [3.63, 3.8) is 0 Å². The highest BCUT2D eigenvalue weighted by atomic mass is 32.2. The Hall–Kier alpha value is -2.94. The van der Waals surface area contributed by atoms with Crippen LogP contribution in [0.5, 0.6) is 0 Å². The average Bonchev–Trinajstić information content (AvgIpc) is 2.65. The van der Waals surface area contributed by atoms with Gasteiger partial charge in [-0.3, -0.25) is 14.9 Å². The number of hydrogen-bond acceptors (Lipinski definition) is 6. The number of carbonyl (C=O) groups is 1. The number of nitrogens with zero attached hydrogens (tertiary/aromatic N) is 1. The van der Waals surface area contributed by atoms with Gasteiger partial charge in [-0.1, -0.05) is 19.1 Å². The number of anilines is 1. The van der Waals surface area contributed by atoms with Gasteiger partial charge in [0.2, 0.25) is 0 Å². The summed E-state index contributed by atoms with van der Waals surface area (Å²) >= 11 is 0. The Labute approximate surface area is 157 Å². The van der Waals surface area contributed by atoms with E-state index in [9.17, 15) is 23.3 Å². The van der Waals surface area contributed by atoms with Crippen molar-refractivity contribution < 1.29 is 18.1 Å². The van der Waals surface area contributed by atoms with Crippen molar-refractivity contribution in [2.75, 3.05) is 24.2 Å². The molecule has 0 aromatic heterocycles. The first kappa shape index (κ1) is 20.4. The smallest absolute Gasteiger partial charge is 0.269 e. The minimum absolute atomic E-state index is 0.00116. The van der Waals surface area contributed by atoms with E-state index in [4.69, 9.17) is 0 Å². The highest BCUT2D eigenvalue weighted by molar-refractivity contribution is 7.91. The average molecular weight is 391 g/mol. The largest absolute Gasteiger partial charge is 0.383 e. The van der Waals surface area contributed by atoms with Crippen LogP contribution in [0.1, 0.15) is 23.7 Å². The lowest BCUT2D eigenvalue weighted by Gasteiger charge is -2.11. The number of nitro benzene ring substituents is 1. The zero-order valence-electron chi connectivity index (χ0n) is 14.8. The molecule has 0 saturated carbocycles. The summed E-state index contributed by atoms with van der Waals surface area (Å²) in [4.78, 5) is 22.5. The summed E-state index contributed by atoms with van der Waals surface area (Å²) in [6, 6.07) is 12.1. The molecule has 0 aliphatic heterocycles. The van der Waals surface area contributed by atoms with Gasteiger partial charge in [-0.2, -0.15) is 0 Å². The quantitative estimate of drug-likeness (QED) is 0.385. The third-order valence-electron chi connectivity index (χ3n) is 3.76. The molecule has 144 valence electrons. The van der Waals surface area contributed by atoms with Crippen LogP contribution in [-0.4, -0.2) is 38.1 Å². The van der Waals surface area contributed by atoms with Crippen LogP contribution in [0.2, 0.25) is 0 Å². The Morgan fingerprint density at radius 3 is 2.37 bits per heavy atom. The fourth-order valence-corrected chi connectivity index (χ4v) is 4.02. The number of sulfone groups is 1. The van der Waals surface area contributed by atoms with Gasteiger partial charge in [0.15, 0.2) is 9.84 Å². The summed E-state index contributed by atoms with van der Waals surface area (Å²) in [6.07, 6.45) is 0.470. The Bertz CT molecular complexity index is 911. The molecule has 1 amide bonds. The first-order valence-electron chi connectivity index (χ1n) is 8.43. The molecule has 0 saturated heterocycles. The maximum Gasteiger partial charge on any atom is 0.269 e. The maximum absolute atomic E-state index is 12.4. The normalized spacial score (nSPS) is 11.0. The molecule has 2 rings (SSSR count). The lowest BCUT2D eigenvalue weighted by molar-refractivity contribution is -0.384. The molecule has 8 nitrogen and oxygen atoms in total. The van der Waals surface area contributed by atoms with E-state index < -0.39 is 20.7 Å². The molecular formula is C18H21N3O5S. The summed E-state index contributed by atoms with van der Waals surface area (Å²) in [5.41, 5.74) is 0.806. The van der Waals surface area contributed by atoms with Gasteiger partial charge in [-0.25, -0.2) is 8.42 Å². The number of benzene rings is 2. The third kappa shape index (κ3) is 5.52. The molecule has 27 heavy (non-hydrogen) atoms. The van der Waals surface area contributed by atoms with Gasteiger partial charge in [-0.15, -0.1) is 0 Å². The van der Waals surface area contributed by atoms with Crippen molar-refractivity contribution in [3.05, 3.63) is 64.2 Å². The van der Waals surface area contributed by atoms with Crippen LogP contribution in [-0.2, 0) is 9.84 Å². The summed E-state index contributed by atoms with van der Waals surface area (Å²) < 4.78 is 24.6. The number of amides is 1. The summed E-state index contributed by atoms with van der Waals surface area (Å²) in [7, 11) is -3.50. The van der Waals surface area contributed by atoms with Crippen molar-refractivity contribution in [2.24, 2.45) is 0 Å². The van der Waals surface area contributed by atoms with E-state index in [1.807, 2.05) is 0 Å². The summed E-state index contributed by atoms with van der Waals surface area (Å²) in [5, 5.41) is 16.3. The minimum atomic E-state index is -3.50. The van der Waals surface area contributed by atoms with E-state index in [-0.39, 0.29) is 28.4 Å². The van der Waals surface area contributed by atoms with E-state index in [1.165, 1.54) is 24.3 Å². The highest BCUT2D eigenvalue weighted by Crippen LogP contribution is 2.18. The van der Waals surface area contributed by atoms with Gasteiger partial charge in [0, 0.05) is 30.9 Å². The van der Waals surface area contributed by atoms with E-state index in [0.29, 0.717) is 18.7 Å². The van der Waals surface area contributed by atoms with Crippen LogP contribution < -0.4 is 10.6 Å². The van der Waals surface area contributed by atoms with Crippen LogP contribution in [0.3, 0.4) is 0 Å². The van der Waals surface area contributed by atoms with E-state index in [2.05, 4.69) is 10.6 Å². The van der Waals surface area contributed by atoms with E-state index in [0.717, 1.165) is 0 Å². The fraction of sp³-hybridized carbons (Fsp3) is 0.278. The molecule has 0 bridgehead atoms. The molecule has 0 aliphatic rings. The highest BCUT2D eigenvalue weighted by Gasteiger charge is 2.21. The van der Waals surface area contributed by atoms with Crippen molar-refractivity contribution in [3.8, 4) is 0 Å². The van der Waals surface area contributed by atoms with Crippen LogP contribution >= 0.6 is 0 Å². The number of non-ortho nitro benzene ring substituents is 1. The standard InChI is InChI=1S/C18H21N3O5S/c1-2-13-27(25,26)17-6-4-3-5-16(17)18(22)20-12-11-19-14-7-9-15(10-8-14)21(23)24/h3-10,19H,2,11-13H2,1H3,(H,20,22). The molecule has 0 heterocycles. The second-order valence-electron chi connectivity index (χ2n) is 5.80. The number of rotatable bonds is 9. The Morgan fingerprint density at radius 2 is 1.74 bits per heavy atom. The molecule has 0 fully saturated rings. The van der Waals surface area contributed by atoms with Crippen LogP contribution in [0.4, 0.5) is 11.4 Å². The third-order valence-corrected chi connectivity index (χ3v) is 5.73. The lowest BCUT2D eigenvalue weighted by Crippen LogP contribution is -2.30. The zero-order valence-corrected chi connectivity index (χ0v) is 15.7. The first-order valence-corrected chi connectivity index (χ1v) is 10.1. The fourth-order valence-electron chi connectivity index (χ4n) is 2.48. The molecule has 2 N–H and O–H groups in total. The Balaban J connectivity index is 1.94. The van der Waals surface area contributed by atoms with E-state index >= 15 is 0 Å². The molecule has 9 heteroatoms. The first-order chi connectivity index (χ1) is 12.8. The number of hydrogen-bond donors (Lipinski definition) is 2. The molecule has 0 radical (unpaired) electrons. The Morgan fingerprint density at radius 1 is 1.07 bits per heavy atom. The molecule has 2 aromatic rings. The zero-order chi connectivity index (χ0) is 19.9. The molecule has 0 spiro atoms. The van der Waals surface area contributed by atoms with Gasteiger partial charge in [-0.05, 0) is 30.7 Å². The van der Waals surface area contributed by atoms with Crippen LogP contribution in [0, 0.1) is 10.1 Å². The predicted molar refractivity (Wildman–Crippen MR) is 103 cm³/mol. The molecular weight excluding hydrogens is 370 g/mol. The van der Waals surface area contributed by atoms with Crippen molar-refractivity contribution in [2.45, 2.75) is 18.2 Å². The van der Waals surface area contributed by atoms with Gasteiger partial charge in [0.1, 0.15) is 0 Å². The monoisotopic (exact) mass is 391 g/mol. The second kappa shape index (κ2) is 9.13. The summed E-state index contributed by atoms with van der Waals surface area (Å²) in [6.45, 7) is 2.41. The topological polar surface area (TPSA) is 118 Å². The number of carbonyl (C=O) groups excluding carboxylic acids is 1. The van der Waals surface area contributed by atoms with Crippen LogP contribution in [0.15, 0.2) is 53.4 Å². The van der Waals surface area contributed by atoms with Crippen molar-refractivity contribution >= 4 is 27.1 Å². The lowest BCUT2D eigenvalue weighted by atomic mass is 10.2. The maximum atomic E-state index is 12.4. The van der Waals surface area contributed by atoms with Gasteiger partial charge >= 0.3 is 0 Å². The Kier molecular flexibility index (Phi) is 6.89. The van der Waals surface area contributed by atoms with Crippen LogP contribution in [0.25, 0.3) is 0 Å². The molecule has 2 aromatic carbocycles. The van der Waals surface area contributed by atoms with Gasteiger partial charge in [0.25, 0.3) is 11.6 Å². The predicted octanol–water partition coefficient (Wildman–Crippen LogP) is 2.62. The number of nitrogens with one attached hydrogen (secondary N) is 2. The minimum Gasteiger partial charge on any atom is -0.383 e. The van der Waals surface area contributed by atoms with Gasteiger partial charge < -0.3 is 10.6 Å².